The molecule has 242 valence electrons. The summed E-state index contributed by atoms with van der Waals surface area (Å²) in [5, 5.41) is 9.58. The van der Waals surface area contributed by atoms with Crippen molar-refractivity contribution in [2.45, 2.75) is 0 Å². The molecular formula is C47H28N4S. The molecule has 0 radical (unpaired) electrons. The van der Waals surface area contributed by atoms with Gasteiger partial charge >= 0.3 is 0 Å². The van der Waals surface area contributed by atoms with E-state index >= 15 is 0 Å². The Hall–Kier alpha value is -6.69. The molecule has 0 aliphatic carbocycles. The highest BCUT2D eigenvalue weighted by molar-refractivity contribution is 7.25. The van der Waals surface area contributed by atoms with Gasteiger partial charge in [-0.1, -0.05) is 133 Å². The molecule has 0 saturated carbocycles. The SMILES string of the molecule is c1ccc(-c2nc(-c3ccc4c(c3)sc3ccccc34)nc(-c3c(-n4c5ccccc5c5cc6ccccc6cc54)ccc4ccccc34)n2)cc1. The van der Waals surface area contributed by atoms with E-state index in [0.717, 1.165) is 44.2 Å². The zero-order chi connectivity index (χ0) is 34.2. The van der Waals surface area contributed by atoms with Crippen LogP contribution in [0.15, 0.2) is 170 Å². The molecule has 0 fully saturated rings. The molecule has 3 heterocycles. The molecule has 0 aliphatic heterocycles. The smallest absolute Gasteiger partial charge is 0.166 e. The maximum absolute atomic E-state index is 5.36. The van der Waals surface area contributed by atoms with E-state index in [1.54, 1.807) is 11.3 Å². The summed E-state index contributed by atoms with van der Waals surface area (Å²) < 4.78 is 4.88. The molecule has 0 saturated heterocycles. The third-order valence-corrected chi connectivity index (χ3v) is 11.3. The topological polar surface area (TPSA) is 43.6 Å². The van der Waals surface area contributed by atoms with Gasteiger partial charge in [0.2, 0.25) is 0 Å². The molecule has 0 N–H and O–H groups in total. The maximum Gasteiger partial charge on any atom is 0.166 e. The lowest BCUT2D eigenvalue weighted by Gasteiger charge is -2.17. The molecule has 0 aliphatic rings. The highest BCUT2D eigenvalue weighted by atomic mass is 32.1. The van der Waals surface area contributed by atoms with Crippen LogP contribution in [-0.2, 0) is 0 Å². The van der Waals surface area contributed by atoms with Crippen LogP contribution in [0.2, 0.25) is 0 Å². The van der Waals surface area contributed by atoms with E-state index in [1.165, 1.54) is 41.7 Å². The van der Waals surface area contributed by atoms with E-state index in [9.17, 15) is 0 Å². The van der Waals surface area contributed by atoms with Gasteiger partial charge in [-0.25, -0.2) is 15.0 Å². The molecule has 0 spiro atoms. The van der Waals surface area contributed by atoms with E-state index in [0.29, 0.717) is 17.5 Å². The summed E-state index contributed by atoms with van der Waals surface area (Å²) in [7, 11) is 0. The summed E-state index contributed by atoms with van der Waals surface area (Å²) in [6, 6.07) is 60.3. The van der Waals surface area contributed by atoms with Crippen molar-refractivity contribution in [3.05, 3.63) is 170 Å². The quantitative estimate of drug-likeness (QED) is 0.186. The zero-order valence-electron chi connectivity index (χ0n) is 27.9. The molecule has 11 rings (SSSR count). The number of rotatable bonds is 4. The molecule has 5 heteroatoms. The highest BCUT2D eigenvalue weighted by Crippen LogP contribution is 2.41. The first-order chi connectivity index (χ1) is 25.8. The summed E-state index contributed by atoms with van der Waals surface area (Å²) >= 11 is 1.80. The second-order valence-electron chi connectivity index (χ2n) is 13.2. The van der Waals surface area contributed by atoms with Gasteiger partial charge in [-0.05, 0) is 57.9 Å². The second-order valence-corrected chi connectivity index (χ2v) is 14.3. The minimum atomic E-state index is 0.638. The first kappa shape index (κ1) is 29.1. The normalized spacial score (nSPS) is 11.8. The average Bonchev–Trinajstić information content (AvgIpc) is 3.74. The van der Waals surface area contributed by atoms with Crippen LogP contribution in [0.3, 0.4) is 0 Å². The Balaban J connectivity index is 1.23. The van der Waals surface area contributed by atoms with Crippen molar-refractivity contribution in [1.82, 2.24) is 19.5 Å². The second kappa shape index (κ2) is 11.4. The summed E-state index contributed by atoms with van der Waals surface area (Å²) in [4.78, 5) is 15.8. The lowest BCUT2D eigenvalue weighted by atomic mass is 10.0. The third-order valence-electron chi connectivity index (χ3n) is 10.2. The van der Waals surface area contributed by atoms with Gasteiger partial charge in [0.1, 0.15) is 0 Å². The van der Waals surface area contributed by atoms with Gasteiger partial charge in [-0.15, -0.1) is 11.3 Å². The first-order valence-electron chi connectivity index (χ1n) is 17.4. The predicted octanol–water partition coefficient (Wildman–Crippen LogP) is 12.6. The lowest BCUT2D eigenvalue weighted by Crippen LogP contribution is -2.04. The third kappa shape index (κ3) is 4.50. The van der Waals surface area contributed by atoms with Crippen LogP contribution in [0, 0.1) is 0 Å². The van der Waals surface area contributed by atoms with Crippen molar-refractivity contribution in [2.24, 2.45) is 0 Å². The van der Waals surface area contributed by atoms with Crippen LogP contribution in [0.25, 0.3) is 103 Å². The van der Waals surface area contributed by atoms with Gasteiger partial charge in [-0.3, -0.25) is 0 Å². The number of hydrogen-bond donors (Lipinski definition) is 0. The van der Waals surface area contributed by atoms with Crippen LogP contribution in [0.4, 0.5) is 0 Å². The number of nitrogens with zero attached hydrogens (tertiary/aromatic N) is 4. The average molecular weight is 681 g/mol. The minimum Gasteiger partial charge on any atom is -0.308 e. The van der Waals surface area contributed by atoms with Crippen LogP contribution in [0.1, 0.15) is 0 Å². The van der Waals surface area contributed by atoms with Gasteiger partial charge in [-0.2, -0.15) is 0 Å². The number of thiophene rings is 1. The standard InChI is InChI=1S/C47H28N4S/c1-2-13-30(14-3-1)45-48-46(33-22-24-37-36-19-9-11-21-42(36)52-43(37)28-33)50-47(49-45)44-34-17-7-6-12-29(34)23-25-40(44)51-39-20-10-8-18-35(39)38-26-31-15-4-5-16-32(31)27-41(38)51/h1-28H. The number of hydrogen-bond acceptors (Lipinski definition) is 4. The minimum absolute atomic E-state index is 0.638. The van der Waals surface area contributed by atoms with E-state index in [1.807, 2.05) is 18.2 Å². The molecule has 52 heavy (non-hydrogen) atoms. The molecule has 11 aromatic rings. The number of benzene rings is 8. The van der Waals surface area contributed by atoms with Crippen LogP contribution < -0.4 is 0 Å². The summed E-state index contributed by atoms with van der Waals surface area (Å²) in [5.41, 5.74) is 6.18. The maximum atomic E-state index is 5.36. The summed E-state index contributed by atoms with van der Waals surface area (Å²) in [6.45, 7) is 0. The molecule has 4 nitrogen and oxygen atoms in total. The predicted molar refractivity (Wildman–Crippen MR) is 218 cm³/mol. The Labute approximate surface area is 302 Å². The van der Waals surface area contributed by atoms with Gasteiger partial charge in [0, 0.05) is 42.1 Å². The fourth-order valence-electron chi connectivity index (χ4n) is 7.79. The van der Waals surface area contributed by atoms with Gasteiger partial charge in [0.05, 0.1) is 22.3 Å². The van der Waals surface area contributed by atoms with Crippen molar-refractivity contribution in [2.75, 3.05) is 0 Å². The Morgan fingerprint density at radius 1 is 0.365 bits per heavy atom. The van der Waals surface area contributed by atoms with Crippen LogP contribution in [-0.4, -0.2) is 19.5 Å². The van der Waals surface area contributed by atoms with E-state index in [4.69, 9.17) is 15.0 Å². The summed E-state index contributed by atoms with van der Waals surface area (Å²) in [6.07, 6.45) is 0. The van der Waals surface area contributed by atoms with E-state index in [2.05, 4.69) is 156 Å². The Morgan fingerprint density at radius 3 is 1.85 bits per heavy atom. The molecule has 0 amide bonds. The van der Waals surface area contributed by atoms with Crippen molar-refractivity contribution in [1.29, 1.82) is 0 Å². The molecule has 3 aromatic heterocycles. The fourth-order valence-corrected chi connectivity index (χ4v) is 8.94. The van der Waals surface area contributed by atoms with Gasteiger partial charge in [0.25, 0.3) is 0 Å². The number of para-hydroxylation sites is 1. The fraction of sp³-hybridized carbons (Fsp3) is 0. The van der Waals surface area contributed by atoms with Crippen LogP contribution in [0.5, 0.6) is 0 Å². The zero-order valence-corrected chi connectivity index (χ0v) is 28.7. The first-order valence-corrected chi connectivity index (χ1v) is 18.3. The molecule has 0 atom stereocenters. The van der Waals surface area contributed by atoms with Crippen LogP contribution >= 0.6 is 11.3 Å². The molecule has 0 bridgehead atoms. The highest BCUT2D eigenvalue weighted by Gasteiger charge is 2.22. The molecular weight excluding hydrogens is 653 g/mol. The number of aromatic nitrogens is 4. The van der Waals surface area contributed by atoms with E-state index < -0.39 is 0 Å². The number of fused-ring (bicyclic) bond motifs is 8. The Morgan fingerprint density at radius 2 is 1.00 bits per heavy atom. The van der Waals surface area contributed by atoms with Gasteiger partial charge in [0.15, 0.2) is 17.5 Å². The van der Waals surface area contributed by atoms with Gasteiger partial charge < -0.3 is 4.57 Å². The van der Waals surface area contributed by atoms with Crippen molar-refractivity contribution >= 4 is 74.9 Å². The Kier molecular flexibility index (Phi) is 6.39. The lowest BCUT2D eigenvalue weighted by molar-refractivity contribution is 1.07. The Bertz CT molecular complexity index is 3190. The summed E-state index contributed by atoms with van der Waals surface area (Å²) in [5.74, 6) is 1.93. The van der Waals surface area contributed by atoms with E-state index in [-0.39, 0.29) is 0 Å². The molecule has 0 unspecified atom stereocenters. The van der Waals surface area contributed by atoms with Crippen molar-refractivity contribution in [3.63, 3.8) is 0 Å². The monoisotopic (exact) mass is 680 g/mol. The van der Waals surface area contributed by atoms with Crippen molar-refractivity contribution < 1.29 is 0 Å². The van der Waals surface area contributed by atoms with Crippen molar-refractivity contribution in [3.8, 4) is 39.9 Å². The molecule has 8 aromatic carbocycles. The largest absolute Gasteiger partial charge is 0.308 e.